The fourth-order valence-corrected chi connectivity index (χ4v) is 4.51. The largest absolute Gasteiger partial charge is 0.498 e. The van der Waals surface area contributed by atoms with E-state index >= 15 is 0 Å². The minimum atomic E-state index is -0.872. The Hall–Kier alpha value is -3.48. The molecule has 0 amide bonds. The van der Waals surface area contributed by atoms with E-state index in [1.165, 1.54) is 32.7 Å². The summed E-state index contributed by atoms with van der Waals surface area (Å²) in [6, 6.07) is 0. The van der Waals surface area contributed by atoms with E-state index in [2.05, 4.69) is 31.7 Å². The van der Waals surface area contributed by atoms with Crippen LogP contribution in [-0.2, 0) is 14.2 Å². The predicted molar refractivity (Wildman–Crippen MR) is 148 cm³/mol. The molecule has 2 N–H and O–H groups in total. The normalized spacial score (nSPS) is 17.8. The van der Waals surface area contributed by atoms with Gasteiger partial charge in [-0.1, -0.05) is 6.58 Å². The number of hydrogen-bond donors (Lipinski definition) is 2. The van der Waals surface area contributed by atoms with Crippen LogP contribution >= 0.6 is 0 Å². The van der Waals surface area contributed by atoms with Crippen molar-refractivity contribution in [2.24, 2.45) is 5.41 Å². The molecule has 0 atom stereocenters. The third-order valence-corrected chi connectivity index (χ3v) is 6.57. The maximum Gasteiger partial charge on any atom is 0.227 e. The summed E-state index contributed by atoms with van der Waals surface area (Å²) < 4.78 is 47.7. The number of ether oxygens (including phenoxy) is 4. The molecule has 40 heavy (non-hydrogen) atoms. The van der Waals surface area contributed by atoms with Gasteiger partial charge in [0.15, 0.2) is 11.5 Å². The van der Waals surface area contributed by atoms with Gasteiger partial charge in [-0.25, -0.2) is 18.7 Å². The number of alkyl halides is 1. The van der Waals surface area contributed by atoms with Crippen LogP contribution in [0.25, 0.3) is 0 Å². The Morgan fingerprint density at radius 2 is 1.88 bits per heavy atom. The zero-order chi connectivity index (χ0) is 29.0. The summed E-state index contributed by atoms with van der Waals surface area (Å²) in [4.78, 5) is 13.0. The van der Waals surface area contributed by atoms with Crippen LogP contribution in [-0.4, -0.2) is 105 Å². The highest BCUT2D eigenvalue weighted by Gasteiger charge is 2.51. The Balaban J connectivity index is 1.49. The number of likely N-dealkylation sites (tertiary alicyclic amines) is 2. The Kier molecular flexibility index (Phi) is 11.9. The lowest BCUT2D eigenvalue weighted by molar-refractivity contribution is -0.102. The number of methoxy groups -OCH3 is 3. The van der Waals surface area contributed by atoms with Gasteiger partial charge in [-0.3, -0.25) is 4.90 Å². The second-order valence-corrected chi connectivity index (χ2v) is 9.62. The van der Waals surface area contributed by atoms with Gasteiger partial charge in [-0.15, -0.1) is 0 Å². The number of halogens is 2. The molecular formula is C28H39F2N5O5. The number of hydrogen-bond acceptors (Lipinski definition) is 10. The van der Waals surface area contributed by atoms with Gasteiger partial charge in [0.05, 0.1) is 46.4 Å². The molecule has 0 aromatic carbocycles. The van der Waals surface area contributed by atoms with Crippen LogP contribution in [0.2, 0.25) is 0 Å². The maximum absolute atomic E-state index is 14.4. The van der Waals surface area contributed by atoms with Gasteiger partial charge >= 0.3 is 0 Å². The average Bonchev–Trinajstić information content (AvgIpc) is 2.92. The van der Waals surface area contributed by atoms with Crippen LogP contribution in [0.1, 0.15) is 6.42 Å². The molecule has 0 unspecified atom stereocenters. The van der Waals surface area contributed by atoms with Crippen LogP contribution in [0.15, 0.2) is 72.0 Å². The smallest absolute Gasteiger partial charge is 0.227 e. The molecule has 0 bridgehead atoms. The van der Waals surface area contributed by atoms with Gasteiger partial charge in [0.2, 0.25) is 5.95 Å². The second kappa shape index (κ2) is 15.3. The van der Waals surface area contributed by atoms with Crippen molar-refractivity contribution in [2.45, 2.75) is 6.42 Å². The molecule has 0 saturated carbocycles. The molecule has 12 heteroatoms. The van der Waals surface area contributed by atoms with Gasteiger partial charge in [-0.05, 0) is 18.2 Å². The lowest BCUT2D eigenvalue weighted by atomic mass is 9.72. The van der Waals surface area contributed by atoms with Crippen molar-refractivity contribution in [1.82, 2.24) is 19.8 Å². The van der Waals surface area contributed by atoms with E-state index in [0.29, 0.717) is 23.7 Å². The molecule has 2 fully saturated rings. The summed E-state index contributed by atoms with van der Waals surface area (Å²) in [5.41, 5.74) is 1.98. The Bertz CT molecular complexity index is 1090. The molecule has 1 spiro atoms. The highest BCUT2D eigenvalue weighted by molar-refractivity contribution is 5.42. The minimum Gasteiger partial charge on any atom is -0.498 e. The highest BCUT2D eigenvalue weighted by Crippen LogP contribution is 2.41. The van der Waals surface area contributed by atoms with Crippen LogP contribution in [0, 0.1) is 5.41 Å². The first-order chi connectivity index (χ1) is 19.3. The van der Waals surface area contributed by atoms with Gasteiger partial charge in [0, 0.05) is 69.1 Å². The number of aliphatic hydroxyl groups is 1. The first kappa shape index (κ1) is 31.1. The molecular weight excluding hydrogens is 524 g/mol. The van der Waals surface area contributed by atoms with E-state index in [0.717, 1.165) is 44.1 Å². The molecule has 2 aliphatic rings. The van der Waals surface area contributed by atoms with Crippen LogP contribution in [0.4, 0.5) is 14.7 Å². The summed E-state index contributed by atoms with van der Waals surface area (Å²) in [5.74, 6) is -0.0585. The van der Waals surface area contributed by atoms with Gasteiger partial charge < -0.3 is 34.3 Å². The second-order valence-electron chi connectivity index (χ2n) is 9.62. The van der Waals surface area contributed by atoms with E-state index in [1.807, 2.05) is 18.2 Å². The maximum atomic E-state index is 14.4. The first-order valence-corrected chi connectivity index (χ1v) is 12.9. The number of aliphatic hydroxyl groups excluding tert-OH is 1. The highest BCUT2D eigenvalue weighted by atomic mass is 19.1. The fourth-order valence-electron chi connectivity index (χ4n) is 4.51. The van der Waals surface area contributed by atoms with Crippen molar-refractivity contribution in [1.29, 1.82) is 0 Å². The minimum absolute atomic E-state index is 0.00169. The number of nitrogens with zero attached hydrogens (tertiary/aromatic N) is 4. The SMILES string of the molecule is C=C(/C=C\C(=C/COC)Nc1ncc(OCC/C(F)=C(\C=C(/CF)OC)OC)cn1)N1CC2(CN(CCO)C2)C1. The van der Waals surface area contributed by atoms with Crippen LogP contribution in [0.5, 0.6) is 5.75 Å². The molecule has 1 aromatic heterocycles. The van der Waals surface area contributed by atoms with E-state index in [9.17, 15) is 8.78 Å². The van der Waals surface area contributed by atoms with Crippen molar-refractivity contribution in [2.75, 3.05) is 85.9 Å². The van der Waals surface area contributed by atoms with Crippen molar-refractivity contribution in [3.63, 3.8) is 0 Å². The first-order valence-electron chi connectivity index (χ1n) is 12.9. The van der Waals surface area contributed by atoms with Crippen LogP contribution < -0.4 is 10.1 Å². The summed E-state index contributed by atoms with van der Waals surface area (Å²) in [7, 11) is 4.20. The number of allylic oxidation sites excluding steroid dienone is 4. The zero-order valence-electron chi connectivity index (χ0n) is 23.4. The monoisotopic (exact) mass is 563 g/mol. The van der Waals surface area contributed by atoms with E-state index in [-0.39, 0.29) is 31.2 Å². The Morgan fingerprint density at radius 1 is 1.15 bits per heavy atom. The number of β-amino-alcohol motifs (C(OH)–C–C–N with tert-alkyl or cyclic N) is 1. The molecule has 2 saturated heterocycles. The molecule has 10 nitrogen and oxygen atoms in total. The molecule has 1 aromatic rings. The van der Waals surface area contributed by atoms with Crippen molar-refractivity contribution >= 4 is 5.95 Å². The summed E-state index contributed by atoms with van der Waals surface area (Å²) in [6.07, 6.45) is 9.73. The van der Waals surface area contributed by atoms with Crippen molar-refractivity contribution < 1.29 is 32.8 Å². The Morgan fingerprint density at radius 3 is 2.48 bits per heavy atom. The Labute approximate surface area is 234 Å². The summed E-state index contributed by atoms with van der Waals surface area (Å²) in [5, 5.41) is 12.2. The van der Waals surface area contributed by atoms with Crippen molar-refractivity contribution in [3.05, 3.63) is 72.0 Å². The van der Waals surface area contributed by atoms with Gasteiger partial charge in [0.25, 0.3) is 0 Å². The average molecular weight is 564 g/mol. The number of aromatic nitrogens is 2. The quantitative estimate of drug-likeness (QED) is 0.217. The van der Waals surface area contributed by atoms with Crippen molar-refractivity contribution in [3.8, 4) is 5.75 Å². The standard InChI is InChI=1S/C28H39F2N5O5/c1-21(35-19-28(20-35)17-34(18-28)9-10-36)5-6-22(7-11-37-2)33-27-31-15-24(16-32-27)40-12-8-25(30)26(39-4)13-23(14-29)38-3/h5-7,13,15-16,36H,1,8-12,14,17-20H2,2-4H3,(H,31,32,33)/b6-5-,22-7+,23-13+,26-25-. The zero-order valence-corrected chi connectivity index (χ0v) is 23.4. The molecule has 2 aliphatic heterocycles. The number of rotatable bonds is 17. The number of nitrogens with one attached hydrogen (secondary N) is 1. The van der Waals surface area contributed by atoms with E-state index < -0.39 is 12.5 Å². The van der Waals surface area contributed by atoms with Gasteiger partial charge in [-0.2, -0.15) is 0 Å². The summed E-state index contributed by atoms with van der Waals surface area (Å²) in [6.45, 7) is 8.61. The van der Waals surface area contributed by atoms with E-state index in [1.54, 1.807) is 7.11 Å². The van der Waals surface area contributed by atoms with Crippen LogP contribution in [0.3, 0.4) is 0 Å². The molecule has 0 radical (unpaired) electrons. The molecule has 0 aliphatic carbocycles. The topological polar surface area (TPSA) is 101 Å². The predicted octanol–water partition coefficient (Wildman–Crippen LogP) is 3.19. The fraction of sp³-hybridized carbons (Fsp3) is 0.500. The number of anilines is 1. The third kappa shape index (κ3) is 8.77. The molecule has 3 rings (SSSR count). The van der Waals surface area contributed by atoms with E-state index in [4.69, 9.17) is 24.1 Å². The van der Waals surface area contributed by atoms with Gasteiger partial charge in [0.1, 0.15) is 18.3 Å². The lowest BCUT2D eigenvalue weighted by Crippen LogP contribution is -2.71. The molecule has 220 valence electrons. The summed E-state index contributed by atoms with van der Waals surface area (Å²) >= 11 is 0. The lowest BCUT2D eigenvalue weighted by Gasteiger charge is -2.61. The third-order valence-electron chi connectivity index (χ3n) is 6.57. The molecule has 3 heterocycles.